The second-order valence-electron chi connectivity index (χ2n) is 6.21. The maximum Gasteiger partial charge on any atom is 0.161 e. The van der Waals surface area contributed by atoms with E-state index in [-0.39, 0.29) is 0 Å². The van der Waals surface area contributed by atoms with Crippen LogP contribution in [0.25, 0.3) is 0 Å². The molecule has 1 aromatic carbocycles. The molecule has 0 saturated carbocycles. The summed E-state index contributed by atoms with van der Waals surface area (Å²) in [5.41, 5.74) is 0.915. The standard InChI is InChI=1S/C17H26N2O3/c1-18-7-9-19(10-8-18)6-5-15(20)14-3-4-16-17(13-14)22-12-2-11-21-16/h3-4,13,15,20H,2,5-12H2,1H3. The van der Waals surface area contributed by atoms with Crippen LogP contribution in [0.4, 0.5) is 0 Å². The van der Waals surface area contributed by atoms with Crippen molar-refractivity contribution in [3.8, 4) is 11.5 Å². The van der Waals surface area contributed by atoms with Crippen LogP contribution < -0.4 is 9.47 Å². The van der Waals surface area contributed by atoms with Crippen molar-refractivity contribution in [2.24, 2.45) is 0 Å². The number of rotatable bonds is 4. The predicted molar refractivity (Wildman–Crippen MR) is 85.6 cm³/mol. The number of hydrogen-bond acceptors (Lipinski definition) is 5. The molecular weight excluding hydrogens is 280 g/mol. The molecule has 2 aliphatic heterocycles. The zero-order chi connectivity index (χ0) is 15.4. The van der Waals surface area contributed by atoms with E-state index in [0.29, 0.717) is 13.2 Å². The van der Waals surface area contributed by atoms with Crippen LogP contribution in [0.1, 0.15) is 24.5 Å². The molecule has 122 valence electrons. The van der Waals surface area contributed by atoms with Crippen LogP contribution in [0.2, 0.25) is 0 Å². The molecule has 0 amide bonds. The molecule has 0 radical (unpaired) electrons. The summed E-state index contributed by atoms with van der Waals surface area (Å²) in [7, 11) is 2.16. The van der Waals surface area contributed by atoms with Gasteiger partial charge in [-0.2, -0.15) is 0 Å². The summed E-state index contributed by atoms with van der Waals surface area (Å²) in [6.45, 7) is 6.70. The first-order valence-corrected chi connectivity index (χ1v) is 8.21. The van der Waals surface area contributed by atoms with E-state index in [1.165, 1.54) is 0 Å². The Balaban J connectivity index is 1.55. The zero-order valence-electron chi connectivity index (χ0n) is 13.3. The zero-order valence-corrected chi connectivity index (χ0v) is 13.3. The summed E-state index contributed by atoms with van der Waals surface area (Å²) in [4.78, 5) is 4.77. The normalized spacial score (nSPS) is 21.4. The molecule has 0 aromatic heterocycles. The van der Waals surface area contributed by atoms with Gasteiger partial charge >= 0.3 is 0 Å². The molecule has 3 rings (SSSR count). The van der Waals surface area contributed by atoms with Crippen molar-refractivity contribution in [2.45, 2.75) is 18.9 Å². The lowest BCUT2D eigenvalue weighted by atomic mass is 10.1. The summed E-state index contributed by atoms with van der Waals surface area (Å²) < 4.78 is 11.3. The Morgan fingerprint density at radius 1 is 1.09 bits per heavy atom. The lowest BCUT2D eigenvalue weighted by molar-refractivity contribution is 0.112. The molecule has 0 bridgehead atoms. The second kappa shape index (κ2) is 7.31. The van der Waals surface area contributed by atoms with Gasteiger partial charge in [0.2, 0.25) is 0 Å². The van der Waals surface area contributed by atoms with Gasteiger partial charge in [-0.3, -0.25) is 0 Å². The van der Waals surface area contributed by atoms with Gasteiger partial charge in [0.05, 0.1) is 19.3 Å². The van der Waals surface area contributed by atoms with E-state index >= 15 is 0 Å². The van der Waals surface area contributed by atoms with Crippen molar-refractivity contribution in [1.82, 2.24) is 9.80 Å². The molecule has 0 spiro atoms. The lowest BCUT2D eigenvalue weighted by Gasteiger charge is -2.32. The predicted octanol–water partition coefficient (Wildman–Crippen LogP) is 1.52. The molecule has 1 aromatic rings. The van der Waals surface area contributed by atoms with Crippen LogP contribution >= 0.6 is 0 Å². The van der Waals surface area contributed by atoms with Crippen LogP contribution in [0.5, 0.6) is 11.5 Å². The lowest BCUT2D eigenvalue weighted by Crippen LogP contribution is -2.44. The van der Waals surface area contributed by atoms with Crippen molar-refractivity contribution >= 4 is 0 Å². The first kappa shape index (κ1) is 15.6. The third-order valence-corrected chi connectivity index (χ3v) is 4.47. The third-order valence-electron chi connectivity index (χ3n) is 4.47. The van der Waals surface area contributed by atoms with Gasteiger partial charge in [-0.25, -0.2) is 0 Å². The summed E-state index contributed by atoms with van der Waals surface area (Å²) in [5.74, 6) is 1.54. The van der Waals surface area contributed by atoms with Crippen molar-refractivity contribution in [2.75, 3.05) is 53.0 Å². The molecule has 0 aliphatic carbocycles. The Bertz CT molecular complexity index is 487. The van der Waals surface area contributed by atoms with Crippen LogP contribution in [-0.2, 0) is 0 Å². The summed E-state index contributed by atoms with van der Waals surface area (Å²) in [5, 5.41) is 10.4. The second-order valence-corrected chi connectivity index (χ2v) is 6.21. The molecule has 2 heterocycles. The molecule has 5 nitrogen and oxygen atoms in total. The van der Waals surface area contributed by atoms with Crippen LogP contribution in [-0.4, -0.2) is 67.9 Å². The van der Waals surface area contributed by atoms with Crippen LogP contribution in [0, 0.1) is 0 Å². The van der Waals surface area contributed by atoms with E-state index in [1.54, 1.807) is 0 Å². The minimum atomic E-state index is -0.447. The largest absolute Gasteiger partial charge is 0.490 e. The first-order chi connectivity index (χ1) is 10.7. The molecule has 1 N–H and O–H groups in total. The average molecular weight is 306 g/mol. The van der Waals surface area contributed by atoms with Crippen molar-refractivity contribution in [3.63, 3.8) is 0 Å². The summed E-state index contributed by atoms with van der Waals surface area (Å²) in [6, 6.07) is 5.78. The Hall–Kier alpha value is -1.30. The quantitative estimate of drug-likeness (QED) is 0.914. The van der Waals surface area contributed by atoms with Gasteiger partial charge in [-0.05, 0) is 31.2 Å². The van der Waals surface area contributed by atoms with E-state index in [0.717, 1.165) is 62.6 Å². The number of ether oxygens (including phenoxy) is 2. The molecule has 22 heavy (non-hydrogen) atoms. The topological polar surface area (TPSA) is 45.2 Å². The number of nitrogens with zero attached hydrogens (tertiary/aromatic N) is 2. The van der Waals surface area contributed by atoms with E-state index in [1.807, 2.05) is 18.2 Å². The van der Waals surface area contributed by atoms with E-state index in [2.05, 4.69) is 16.8 Å². The molecule has 1 unspecified atom stereocenters. The summed E-state index contributed by atoms with van der Waals surface area (Å²) >= 11 is 0. The van der Waals surface area contributed by atoms with Gasteiger partial charge in [0.15, 0.2) is 11.5 Å². The fourth-order valence-corrected chi connectivity index (χ4v) is 2.93. The minimum absolute atomic E-state index is 0.447. The molecule has 1 fully saturated rings. The van der Waals surface area contributed by atoms with Gasteiger partial charge in [0.1, 0.15) is 0 Å². The van der Waals surface area contributed by atoms with Gasteiger partial charge in [0.25, 0.3) is 0 Å². The van der Waals surface area contributed by atoms with E-state index in [9.17, 15) is 5.11 Å². The maximum atomic E-state index is 10.4. The highest BCUT2D eigenvalue weighted by atomic mass is 16.5. The van der Waals surface area contributed by atoms with Crippen molar-refractivity contribution < 1.29 is 14.6 Å². The Morgan fingerprint density at radius 2 is 1.82 bits per heavy atom. The summed E-state index contributed by atoms with van der Waals surface area (Å²) in [6.07, 6.45) is 1.20. The van der Waals surface area contributed by atoms with E-state index < -0.39 is 6.10 Å². The number of fused-ring (bicyclic) bond motifs is 1. The smallest absolute Gasteiger partial charge is 0.161 e. The van der Waals surface area contributed by atoms with Gasteiger partial charge in [0, 0.05) is 39.1 Å². The van der Waals surface area contributed by atoms with Crippen LogP contribution in [0.3, 0.4) is 0 Å². The third kappa shape index (κ3) is 3.91. The fourth-order valence-electron chi connectivity index (χ4n) is 2.93. The number of piperazine rings is 1. The highest BCUT2D eigenvalue weighted by molar-refractivity contribution is 5.44. The van der Waals surface area contributed by atoms with Crippen LogP contribution in [0.15, 0.2) is 18.2 Å². The molecule has 1 atom stereocenters. The molecule has 2 aliphatic rings. The number of benzene rings is 1. The molecule has 1 saturated heterocycles. The first-order valence-electron chi connectivity index (χ1n) is 8.21. The number of likely N-dealkylation sites (N-methyl/N-ethyl adjacent to an activating group) is 1. The fraction of sp³-hybridized carbons (Fsp3) is 0.647. The van der Waals surface area contributed by atoms with Crippen molar-refractivity contribution in [1.29, 1.82) is 0 Å². The molecular formula is C17H26N2O3. The number of hydrogen-bond donors (Lipinski definition) is 1. The van der Waals surface area contributed by atoms with Gasteiger partial charge in [-0.15, -0.1) is 0 Å². The monoisotopic (exact) mass is 306 g/mol. The highest BCUT2D eigenvalue weighted by Gasteiger charge is 2.17. The van der Waals surface area contributed by atoms with Crippen molar-refractivity contribution in [3.05, 3.63) is 23.8 Å². The average Bonchev–Trinajstić information content (AvgIpc) is 2.78. The Kier molecular flexibility index (Phi) is 5.18. The Morgan fingerprint density at radius 3 is 2.59 bits per heavy atom. The SMILES string of the molecule is CN1CCN(CCC(O)c2ccc3c(c2)OCCCO3)CC1. The Labute approximate surface area is 132 Å². The van der Waals surface area contributed by atoms with Gasteiger partial charge < -0.3 is 24.4 Å². The van der Waals surface area contributed by atoms with E-state index in [4.69, 9.17) is 9.47 Å². The molecule has 5 heteroatoms. The van der Waals surface area contributed by atoms with Gasteiger partial charge in [-0.1, -0.05) is 6.07 Å². The minimum Gasteiger partial charge on any atom is -0.490 e. The maximum absolute atomic E-state index is 10.4. The number of aliphatic hydroxyl groups excluding tert-OH is 1. The highest BCUT2D eigenvalue weighted by Crippen LogP contribution is 2.33. The number of aliphatic hydroxyl groups is 1.